The minimum absolute atomic E-state index is 0.158. The zero-order valence-corrected chi connectivity index (χ0v) is 11.6. The van der Waals surface area contributed by atoms with Gasteiger partial charge in [-0.3, -0.25) is 0 Å². The average molecular weight is 278 g/mol. The summed E-state index contributed by atoms with van der Waals surface area (Å²) in [6, 6.07) is 5.94. The molecule has 0 spiro atoms. The molecule has 0 aliphatic rings. The molecule has 0 saturated heterocycles. The molecule has 0 heterocycles. The first-order chi connectivity index (χ1) is 7.71. The van der Waals surface area contributed by atoms with Crippen LogP contribution in [0.1, 0.15) is 13.8 Å². The first kappa shape index (κ1) is 14.4. The Morgan fingerprint density at radius 2 is 1.76 bits per heavy atom. The van der Waals surface area contributed by atoms with Gasteiger partial charge in [0.2, 0.25) is 10.0 Å². The fourth-order valence-electron chi connectivity index (χ4n) is 1.19. The van der Waals surface area contributed by atoms with Gasteiger partial charge in [0.1, 0.15) is 0 Å². The molecule has 1 aromatic rings. The topological polar surface area (TPSA) is 57.6 Å². The lowest BCUT2D eigenvalue weighted by Gasteiger charge is -2.32. The first-order valence-electron chi connectivity index (χ1n) is 5.07. The summed E-state index contributed by atoms with van der Waals surface area (Å²) >= 11 is 5.71. The Hall–Kier alpha value is -0.620. The molecular formula is C11H16ClNO3S. The molecule has 0 radical (unpaired) electrons. The average Bonchev–Trinajstić information content (AvgIpc) is 2.28. The van der Waals surface area contributed by atoms with Gasteiger partial charge in [-0.2, -0.15) is 4.31 Å². The molecule has 0 unspecified atom stereocenters. The highest BCUT2D eigenvalue weighted by molar-refractivity contribution is 7.89. The first-order valence-corrected chi connectivity index (χ1v) is 6.89. The van der Waals surface area contributed by atoms with Crippen LogP contribution in [0.4, 0.5) is 0 Å². The van der Waals surface area contributed by atoms with Crippen LogP contribution in [0.5, 0.6) is 0 Å². The van der Waals surface area contributed by atoms with Crippen LogP contribution in [0.3, 0.4) is 0 Å². The Kier molecular flexibility index (Phi) is 4.19. The van der Waals surface area contributed by atoms with E-state index in [4.69, 9.17) is 11.6 Å². The predicted octanol–water partition coefficient (Wildman–Crippen LogP) is 1.73. The van der Waals surface area contributed by atoms with E-state index in [1.165, 1.54) is 31.3 Å². The third kappa shape index (κ3) is 2.98. The lowest BCUT2D eigenvalue weighted by molar-refractivity contribution is 0.138. The zero-order chi connectivity index (χ0) is 13.3. The molecule has 6 heteroatoms. The quantitative estimate of drug-likeness (QED) is 0.912. The monoisotopic (exact) mass is 277 g/mol. The van der Waals surface area contributed by atoms with E-state index < -0.39 is 15.6 Å². The van der Waals surface area contributed by atoms with Crippen LogP contribution < -0.4 is 0 Å². The van der Waals surface area contributed by atoms with Crippen LogP contribution in [-0.4, -0.2) is 37.0 Å². The van der Waals surface area contributed by atoms with Crippen LogP contribution in [0.25, 0.3) is 0 Å². The van der Waals surface area contributed by atoms with Gasteiger partial charge < -0.3 is 5.11 Å². The van der Waals surface area contributed by atoms with Crippen molar-refractivity contribution in [2.75, 3.05) is 13.7 Å². The number of likely N-dealkylation sites (N-methyl/N-ethyl adjacent to an activating group) is 1. The number of halogens is 1. The normalized spacial score (nSPS) is 13.1. The van der Waals surface area contributed by atoms with E-state index in [0.29, 0.717) is 5.02 Å². The van der Waals surface area contributed by atoms with E-state index in [-0.39, 0.29) is 11.5 Å². The molecule has 0 fully saturated rings. The van der Waals surface area contributed by atoms with Gasteiger partial charge in [0, 0.05) is 12.1 Å². The number of aliphatic hydroxyl groups is 1. The van der Waals surface area contributed by atoms with E-state index in [9.17, 15) is 13.5 Å². The second-order valence-electron chi connectivity index (χ2n) is 4.40. The Labute approximate surface area is 107 Å². The SMILES string of the molecule is CN(C(C)(C)CO)S(=O)(=O)c1ccc(Cl)cc1. The van der Waals surface area contributed by atoms with Crippen LogP contribution >= 0.6 is 11.6 Å². The van der Waals surface area contributed by atoms with Crippen molar-refractivity contribution in [2.24, 2.45) is 0 Å². The zero-order valence-electron chi connectivity index (χ0n) is 10.0. The minimum atomic E-state index is -3.61. The summed E-state index contributed by atoms with van der Waals surface area (Å²) in [6.45, 7) is 3.05. The number of benzene rings is 1. The third-order valence-electron chi connectivity index (χ3n) is 2.71. The van der Waals surface area contributed by atoms with Gasteiger partial charge in [0.25, 0.3) is 0 Å². The lowest BCUT2D eigenvalue weighted by atomic mass is 10.1. The molecule has 0 aromatic heterocycles. The molecule has 0 saturated carbocycles. The predicted molar refractivity (Wildman–Crippen MR) is 67.6 cm³/mol. The highest BCUT2D eigenvalue weighted by atomic mass is 35.5. The number of sulfonamides is 1. The highest BCUT2D eigenvalue weighted by Gasteiger charge is 2.33. The van der Waals surface area contributed by atoms with Crippen LogP contribution in [0.15, 0.2) is 29.2 Å². The number of aliphatic hydroxyl groups excluding tert-OH is 1. The summed E-state index contributed by atoms with van der Waals surface area (Å²) < 4.78 is 25.6. The van der Waals surface area contributed by atoms with E-state index in [1.54, 1.807) is 13.8 Å². The molecular weight excluding hydrogens is 262 g/mol. The van der Waals surface area contributed by atoms with Crippen molar-refractivity contribution in [3.8, 4) is 0 Å². The van der Waals surface area contributed by atoms with Crippen molar-refractivity contribution in [1.29, 1.82) is 0 Å². The largest absolute Gasteiger partial charge is 0.394 e. The van der Waals surface area contributed by atoms with Crippen LogP contribution in [-0.2, 0) is 10.0 Å². The minimum Gasteiger partial charge on any atom is -0.394 e. The molecule has 1 N–H and O–H groups in total. The number of rotatable bonds is 4. The van der Waals surface area contributed by atoms with Crippen molar-refractivity contribution in [3.05, 3.63) is 29.3 Å². The van der Waals surface area contributed by atoms with Gasteiger partial charge in [-0.25, -0.2) is 8.42 Å². The van der Waals surface area contributed by atoms with Gasteiger partial charge in [-0.05, 0) is 38.1 Å². The summed E-state index contributed by atoms with van der Waals surface area (Å²) in [6.07, 6.45) is 0. The van der Waals surface area contributed by atoms with Crippen LogP contribution in [0.2, 0.25) is 5.02 Å². The smallest absolute Gasteiger partial charge is 0.243 e. The van der Waals surface area contributed by atoms with Crippen molar-refractivity contribution >= 4 is 21.6 Å². The second kappa shape index (κ2) is 4.94. The Bertz CT molecular complexity index is 482. The fourth-order valence-corrected chi connectivity index (χ4v) is 2.82. The second-order valence-corrected chi connectivity index (χ2v) is 6.80. The van der Waals surface area contributed by atoms with Gasteiger partial charge >= 0.3 is 0 Å². The summed E-state index contributed by atoms with van der Waals surface area (Å²) in [5.41, 5.74) is -0.849. The molecule has 0 aliphatic heterocycles. The molecule has 0 amide bonds. The molecule has 0 bridgehead atoms. The number of hydrogen-bond donors (Lipinski definition) is 1. The summed E-state index contributed by atoms with van der Waals surface area (Å²) in [5, 5.41) is 9.67. The Morgan fingerprint density at radius 1 is 1.29 bits per heavy atom. The standard InChI is InChI=1S/C11H16ClNO3S/c1-11(2,8-14)13(3)17(15,16)10-6-4-9(12)5-7-10/h4-7,14H,8H2,1-3H3. The van der Waals surface area contributed by atoms with E-state index in [0.717, 1.165) is 4.31 Å². The Balaban J connectivity index is 3.16. The van der Waals surface area contributed by atoms with Crippen LogP contribution in [0, 0.1) is 0 Å². The summed E-state index contributed by atoms with van der Waals surface area (Å²) in [7, 11) is -2.17. The summed E-state index contributed by atoms with van der Waals surface area (Å²) in [4.78, 5) is 0.158. The van der Waals surface area contributed by atoms with E-state index >= 15 is 0 Å². The molecule has 1 aromatic carbocycles. The molecule has 0 atom stereocenters. The van der Waals surface area contributed by atoms with Crippen molar-refractivity contribution in [1.82, 2.24) is 4.31 Å². The lowest BCUT2D eigenvalue weighted by Crippen LogP contribution is -2.47. The highest BCUT2D eigenvalue weighted by Crippen LogP contribution is 2.23. The molecule has 0 aliphatic carbocycles. The van der Waals surface area contributed by atoms with Crippen molar-refractivity contribution in [3.63, 3.8) is 0 Å². The van der Waals surface area contributed by atoms with Gasteiger partial charge in [0.15, 0.2) is 0 Å². The fraction of sp³-hybridized carbons (Fsp3) is 0.455. The van der Waals surface area contributed by atoms with Crippen molar-refractivity contribution in [2.45, 2.75) is 24.3 Å². The maximum atomic E-state index is 12.2. The van der Waals surface area contributed by atoms with Gasteiger partial charge in [-0.1, -0.05) is 11.6 Å². The Morgan fingerprint density at radius 3 is 2.18 bits per heavy atom. The molecule has 4 nitrogen and oxygen atoms in total. The molecule has 1 rings (SSSR count). The maximum absolute atomic E-state index is 12.2. The van der Waals surface area contributed by atoms with Gasteiger partial charge in [0.05, 0.1) is 17.0 Å². The van der Waals surface area contributed by atoms with Gasteiger partial charge in [-0.15, -0.1) is 0 Å². The third-order valence-corrected chi connectivity index (χ3v) is 5.05. The molecule has 17 heavy (non-hydrogen) atoms. The number of nitrogens with zero attached hydrogens (tertiary/aromatic N) is 1. The maximum Gasteiger partial charge on any atom is 0.243 e. The summed E-state index contributed by atoms with van der Waals surface area (Å²) in [5.74, 6) is 0. The molecule has 96 valence electrons. The van der Waals surface area contributed by atoms with E-state index in [1.807, 2.05) is 0 Å². The van der Waals surface area contributed by atoms with E-state index in [2.05, 4.69) is 0 Å². The number of hydrogen-bond acceptors (Lipinski definition) is 3. The van der Waals surface area contributed by atoms with Crippen molar-refractivity contribution < 1.29 is 13.5 Å².